The molecule has 10 nitrogen and oxygen atoms in total. The number of rotatable bonds is 5. The number of benzene rings is 1. The number of carbonyl (C=O) groups is 2. The highest BCUT2D eigenvalue weighted by molar-refractivity contribution is 6.26. The van der Waals surface area contributed by atoms with Crippen LogP contribution in [-0.4, -0.2) is 64.0 Å². The van der Waals surface area contributed by atoms with Gasteiger partial charge >= 0.3 is 0 Å². The van der Waals surface area contributed by atoms with Gasteiger partial charge in [-0.2, -0.15) is 0 Å². The van der Waals surface area contributed by atoms with E-state index in [1.54, 1.807) is 36.7 Å². The number of anilines is 1. The largest absolute Gasteiger partial charge is 0.571 e. The zero-order valence-corrected chi connectivity index (χ0v) is 18.4. The van der Waals surface area contributed by atoms with E-state index in [9.17, 15) is 14.8 Å². The minimum atomic E-state index is -0.383. The maximum atomic E-state index is 13.0. The molecule has 0 radical (unpaired) electrons. The molecular weight excluding hydrogens is 436 g/mol. The van der Waals surface area contributed by atoms with Gasteiger partial charge in [-0.15, -0.1) is 4.68 Å². The fourth-order valence-electron chi connectivity index (χ4n) is 4.86. The fourth-order valence-corrected chi connectivity index (χ4v) is 4.86. The molecule has 6 rings (SSSR count). The molecule has 1 aliphatic heterocycles. The molecule has 3 aromatic heterocycles. The third kappa shape index (κ3) is 3.26. The molecule has 172 valence electrons. The highest BCUT2D eigenvalue weighted by atomic mass is 16.5. The minimum absolute atomic E-state index is 0.0618. The highest BCUT2D eigenvalue weighted by Gasteiger charge is 2.39. The van der Waals surface area contributed by atoms with Gasteiger partial charge in [0.25, 0.3) is 0 Å². The van der Waals surface area contributed by atoms with E-state index in [1.807, 2.05) is 12.1 Å². The zero-order chi connectivity index (χ0) is 23.2. The molecule has 34 heavy (non-hydrogen) atoms. The van der Waals surface area contributed by atoms with Crippen LogP contribution >= 0.6 is 0 Å². The first kappa shape index (κ1) is 20.5. The number of carbonyl (C=O) groups excluding carboxylic acids is 2. The van der Waals surface area contributed by atoms with Crippen molar-refractivity contribution < 1.29 is 19.0 Å². The molecule has 0 N–H and O–H groups in total. The van der Waals surface area contributed by atoms with Crippen LogP contribution in [0.25, 0.3) is 11.0 Å². The van der Waals surface area contributed by atoms with Gasteiger partial charge < -0.3 is 14.5 Å². The Labute approximate surface area is 194 Å². The van der Waals surface area contributed by atoms with Gasteiger partial charge in [0, 0.05) is 60.1 Å². The van der Waals surface area contributed by atoms with E-state index < -0.39 is 0 Å². The number of ketones is 2. The summed E-state index contributed by atoms with van der Waals surface area (Å²) in [4.78, 5) is 35.3. The molecule has 1 aliphatic carbocycles. The number of pyridine rings is 1. The minimum Gasteiger partial charge on any atom is -0.571 e. The van der Waals surface area contributed by atoms with Gasteiger partial charge in [-0.05, 0) is 18.6 Å². The van der Waals surface area contributed by atoms with Gasteiger partial charge in [-0.3, -0.25) is 14.5 Å². The van der Waals surface area contributed by atoms with Gasteiger partial charge in [-0.1, -0.05) is 24.3 Å². The van der Waals surface area contributed by atoms with Crippen LogP contribution in [0.3, 0.4) is 0 Å². The van der Waals surface area contributed by atoms with E-state index in [2.05, 4.69) is 19.9 Å². The third-order valence-corrected chi connectivity index (χ3v) is 6.60. The predicted molar refractivity (Wildman–Crippen MR) is 122 cm³/mol. The second-order valence-electron chi connectivity index (χ2n) is 8.53. The standard InChI is InChI=1S/C24H22N6O4/c31-22-16-4-1-2-5-17(16)23(32)21-20(22)26-30(33)29(21)10-3-9-27-11-13-28(14-12-27)24-18-7-15-34-19(18)6-8-25-24/h1-2,4-8,15H,3,9-14H2. The van der Waals surface area contributed by atoms with Crippen LogP contribution in [0.15, 0.2) is 53.3 Å². The molecule has 2 aliphatic rings. The van der Waals surface area contributed by atoms with Crippen LogP contribution in [0.5, 0.6) is 0 Å². The lowest BCUT2D eigenvalue weighted by molar-refractivity contribution is -0.749. The Bertz CT molecular complexity index is 1420. The SMILES string of the molecule is O=C1c2ccccc2C(=O)c2c1n[n+]([O-])n2CCCN1CCN(c2nccc3occc23)CC1. The first-order chi connectivity index (χ1) is 16.6. The summed E-state index contributed by atoms with van der Waals surface area (Å²) in [5, 5.41) is 17.3. The second kappa shape index (κ2) is 8.07. The summed E-state index contributed by atoms with van der Waals surface area (Å²) in [6, 6.07) is 10.4. The average Bonchev–Trinajstić information content (AvgIpc) is 3.48. The molecule has 4 heterocycles. The Morgan fingerprint density at radius 2 is 1.74 bits per heavy atom. The normalized spacial score (nSPS) is 16.2. The molecule has 1 fully saturated rings. The maximum absolute atomic E-state index is 13.0. The molecule has 0 atom stereocenters. The monoisotopic (exact) mass is 458 g/mol. The van der Waals surface area contributed by atoms with E-state index in [0.29, 0.717) is 29.1 Å². The number of hydrogen-bond donors (Lipinski definition) is 0. The number of piperazine rings is 1. The van der Waals surface area contributed by atoms with Crippen molar-refractivity contribution in [2.24, 2.45) is 0 Å². The summed E-state index contributed by atoms with van der Waals surface area (Å²) in [6.45, 7) is 4.47. The molecule has 0 spiro atoms. The average molecular weight is 458 g/mol. The molecule has 0 saturated carbocycles. The van der Waals surface area contributed by atoms with Gasteiger partial charge in [-0.25, -0.2) is 4.98 Å². The molecular formula is C24H22N6O4. The molecule has 1 saturated heterocycles. The summed E-state index contributed by atoms with van der Waals surface area (Å²) < 4.78 is 6.77. The molecule has 1 aromatic carbocycles. The van der Waals surface area contributed by atoms with Crippen molar-refractivity contribution in [3.05, 3.63) is 76.6 Å². The topological polar surface area (TPSA) is 111 Å². The molecule has 10 heteroatoms. The van der Waals surface area contributed by atoms with Gasteiger partial charge in [0.05, 0.1) is 18.2 Å². The van der Waals surface area contributed by atoms with Crippen LogP contribution in [0.2, 0.25) is 0 Å². The van der Waals surface area contributed by atoms with Crippen molar-refractivity contribution in [1.29, 1.82) is 0 Å². The second-order valence-corrected chi connectivity index (χ2v) is 8.53. The van der Waals surface area contributed by atoms with Gasteiger partial charge in [0.15, 0.2) is 5.69 Å². The van der Waals surface area contributed by atoms with Crippen molar-refractivity contribution in [1.82, 2.24) is 19.7 Å². The summed E-state index contributed by atoms with van der Waals surface area (Å²) in [6.07, 6.45) is 4.10. The zero-order valence-electron chi connectivity index (χ0n) is 18.4. The van der Waals surface area contributed by atoms with E-state index in [-0.39, 0.29) is 23.0 Å². The summed E-state index contributed by atoms with van der Waals surface area (Å²) >= 11 is 0. The Morgan fingerprint density at radius 1 is 0.971 bits per heavy atom. The molecule has 0 amide bonds. The summed E-state index contributed by atoms with van der Waals surface area (Å²) in [7, 11) is 0. The number of nitrogens with zero attached hydrogens (tertiary/aromatic N) is 6. The van der Waals surface area contributed by atoms with Crippen LogP contribution in [0, 0.1) is 5.21 Å². The van der Waals surface area contributed by atoms with Gasteiger partial charge in [0.1, 0.15) is 11.4 Å². The van der Waals surface area contributed by atoms with E-state index in [0.717, 1.165) is 49.5 Å². The smallest absolute Gasteiger partial charge is 0.220 e. The van der Waals surface area contributed by atoms with Crippen molar-refractivity contribution in [3.63, 3.8) is 0 Å². The van der Waals surface area contributed by atoms with E-state index in [4.69, 9.17) is 4.42 Å². The van der Waals surface area contributed by atoms with Crippen molar-refractivity contribution >= 4 is 28.4 Å². The maximum Gasteiger partial charge on any atom is 0.220 e. The third-order valence-electron chi connectivity index (χ3n) is 6.60. The van der Waals surface area contributed by atoms with Crippen molar-refractivity contribution in [3.8, 4) is 0 Å². The Morgan fingerprint density at radius 3 is 2.53 bits per heavy atom. The van der Waals surface area contributed by atoms with Crippen LogP contribution in [-0.2, 0) is 6.54 Å². The number of furan rings is 1. The first-order valence-corrected chi connectivity index (χ1v) is 11.3. The van der Waals surface area contributed by atoms with E-state index >= 15 is 0 Å². The molecule has 0 unspecified atom stereocenters. The van der Waals surface area contributed by atoms with Crippen molar-refractivity contribution in [2.75, 3.05) is 37.6 Å². The number of aromatic nitrogens is 4. The summed E-state index contributed by atoms with van der Waals surface area (Å²) in [5.41, 5.74) is 1.47. The lowest BCUT2D eigenvalue weighted by Crippen LogP contribution is -2.47. The van der Waals surface area contributed by atoms with Crippen molar-refractivity contribution in [2.45, 2.75) is 13.0 Å². The highest BCUT2D eigenvalue weighted by Crippen LogP contribution is 2.27. The van der Waals surface area contributed by atoms with E-state index in [1.165, 1.54) is 4.68 Å². The summed E-state index contributed by atoms with van der Waals surface area (Å²) in [5.74, 6) is 0.222. The van der Waals surface area contributed by atoms with Crippen LogP contribution in [0.1, 0.15) is 38.5 Å². The van der Waals surface area contributed by atoms with Crippen LogP contribution < -0.4 is 9.86 Å². The lowest BCUT2D eigenvalue weighted by Gasteiger charge is -2.35. The Hall–Kier alpha value is -4.05. The van der Waals surface area contributed by atoms with Crippen LogP contribution in [0.4, 0.5) is 5.82 Å². The predicted octanol–water partition coefficient (Wildman–Crippen LogP) is 1.65. The van der Waals surface area contributed by atoms with Gasteiger partial charge in [0.2, 0.25) is 17.3 Å². The quantitative estimate of drug-likeness (QED) is 0.289. The molecule has 0 bridgehead atoms. The fraction of sp³-hybridized carbons (Fsp3) is 0.292. The number of hydrogen-bond acceptors (Lipinski definition) is 8. The Balaban J connectivity index is 1.11. The first-order valence-electron chi connectivity index (χ1n) is 11.3. The lowest BCUT2D eigenvalue weighted by atomic mass is 9.90. The number of fused-ring (bicyclic) bond motifs is 3. The molecule has 4 aromatic rings. The Kier molecular flexibility index (Phi) is 4.88.